The number of esters is 1. The quantitative estimate of drug-likeness (QED) is 0.358. The van der Waals surface area contributed by atoms with Crippen molar-refractivity contribution >= 4 is 17.4 Å². The molecule has 0 spiro atoms. The molecule has 1 aliphatic heterocycles. The van der Waals surface area contributed by atoms with Crippen molar-refractivity contribution in [2.24, 2.45) is 0 Å². The van der Waals surface area contributed by atoms with Crippen molar-refractivity contribution in [1.29, 1.82) is 0 Å². The van der Waals surface area contributed by atoms with Gasteiger partial charge >= 0.3 is 5.97 Å². The van der Waals surface area contributed by atoms with Crippen LogP contribution in [0, 0.1) is 0 Å². The standard InChI is InChI=1S/C32H35N3O2/c1-24(2)37-32(36)30-29(26-13-7-4-8-14-26)17-18-33-31(30)35-21-19-34(20-22-35)23-27-15-9-10-16-28(27)25-11-5-3-6-12-25/h4-5,7-18,24H,3,6,19-23H2,1-2H3. The number of aromatic nitrogens is 1. The molecule has 0 saturated carbocycles. The summed E-state index contributed by atoms with van der Waals surface area (Å²) in [6, 6.07) is 20.7. The smallest absolute Gasteiger partial charge is 0.342 e. The zero-order valence-electron chi connectivity index (χ0n) is 21.8. The van der Waals surface area contributed by atoms with Crippen LogP contribution in [0.1, 0.15) is 48.2 Å². The number of carbonyl (C=O) groups is 1. The van der Waals surface area contributed by atoms with Crippen molar-refractivity contribution in [2.75, 3.05) is 31.1 Å². The maximum absolute atomic E-state index is 13.3. The van der Waals surface area contributed by atoms with Gasteiger partial charge in [0.15, 0.2) is 0 Å². The summed E-state index contributed by atoms with van der Waals surface area (Å²) >= 11 is 0. The monoisotopic (exact) mass is 493 g/mol. The lowest BCUT2D eigenvalue weighted by atomic mass is 9.95. The number of hydrogen-bond acceptors (Lipinski definition) is 5. The van der Waals surface area contributed by atoms with Gasteiger partial charge in [-0.2, -0.15) is 0 Å². The zero-order chi connectivity index (χ0) is 25.6. The summed E-state index contributed by atoms with van der Waals surface area (Å²) in [5.41, 5.74) is 6.42. The molecule has 0 bridgehead atoms. The van der Waals surface area contributed by atoms with Crippen LogP contribution in [0.25, 0.3) is 16.7 Å². The Morgan fingerprint density at radius 2 is 1.68 bits per heavy atom. The van der Waals surface area contributed by atoms with E-state index in [4.69, 9.17) is 9.72 Å². The molecule has 190 valence electrons. The van der Waals surface area contributed by atoms with Gasteiger partial charge in [-0.1, -0.05) is 72.8 Å². The Morgan fingerprint density at radius 1 is 0.919 bits per heavy atom. The zero-order valence-corrected chi connectivity index (χ0v) is 21.8. The van der Waals surface area contributed by atoms with Crippen LogP contribution < -0.4 is 4.90 Å². The molecular formula is C32H35N3O2. The number of piperazine rings is 1. The second-order valence-electron chi connectivity index (χ2n) is 9.94. The van der Waals surface area contributed by atoms with E-state index in [-0.39, 0.29) is 12.1 Å². The molecule has 5 nitrogen and oxygen atoms in total. The van der Waals surface area contributed by atoms with E-state index in [1.807, 2.05) is 50.2 Å². The molecule has 1 saturated heterocycles. The van der Waals surface area contributed by atoms with E-state index in [2.05, 4.69) is 52.3 Å². The van der Waals surface area contributed by atoms with Gasteiger partial charge in [-0.15, -0.1) is 0 Å². The fourth-order valence-electron chi connectivity index (χ4n) is 5.13. The molecule has 0 N–H and O–H groups in total. The number of ether oxygens (including phenoxy) is 1. The highest BCUT2D eigenvalue weighted by Gasteiger charge is 2.27. The van der Waals surface area contributed by atoms with E-state index in [1.54, 1.807) is 6.20 Å². The van der Waals surface area contributed by atoms with Gasteiger partial charge in [0, 0.05) is 44.5 Å². The number of nitrogens with zero attached hydrogens (tertiary/aromatic N) is 3. The first-order valence-electron chi connectivity index (χ1n) is 13.3. The minimum Gasteiger partial charge on any atom is -0.459 e. The third-order valence-corrected chi connectivity index (χ3v) is 6.95. The fourth-order valence-corrected chi connectivity index (χ4v) is 5.13. The highest BCUT2D eigenvalue weighted by atomic mass is 16.5. The SMILES string of the molecule is CC(C)OC(=O)c1c(-c2ccccc2)ccnc1N1CCN(Cc2ccccc2C2=CCCC=C2)CC1. The van der Waals surface area contributed by atoms with Gasteiger partial charge in [-0.3, -0.25) is 4.90 Å². The molecule has 1 aromatic heterocycles. The van der Waals surface area contributed by atoms with E-state index in [1.165, 1.54) is 16.7 Å². The maximum atomic E-state index is 13.3. The van der Waals surface area contributed by atoms with Gasteiger partial charge in [0.1, 0.15) is 11.4 Å². The third-order valence-electron chi connectivity index (χ3n) is 6.95. The topological polar surface area (TPSA) is 45.7 Å². The lowest BCUT2D eigenvalue weighted by Gasteiger charge is -2.36. The van der Waals surface area contributed by atoms with Gasteiger partial charge in [0.05, 0.1) is 6.10 Å². The molecule has 2 heterocycles. The van der Waals surface area contributed by atoms with E-state index in [9.17, 15) is 4.79 Å². The Balaban J connectivity index is 1.36. The summed E-state index contributed by atoms with van der Waals surface area (Å²) in [6.45, 7) is 8.08. The van der Waals surface area contributed by atoms with Crippen molar-refractivity contribution in [3.05, 3.63) is 102 Å². The predicted octanol–water partition coefficient (Wildman–Crippen LogP) is 6.37. The molecule has 0 radical (unpaired) electrons. The maximum Gasteiger partial charge on any atom is 0.342 e. The Labute approximate surface area is 220 Å². The average Bonchev–Trinajstić information content (AvgIpc) is 2.94. The lowest BCUT2D eigenvalue weighted by Crippen LogP contribution is -2.46. The number of rotatable bonds is 7. The normalized spacial score (nSPS) is 16.1. The molecule has 2 aliphatic rings. The van der Waals surface area contributed by atoms with Crippen LogP contribution in [0.2, 0.25) is 0 Å². The molecule has 0 unspecified atom stereocenters. The second kappa shape index (κ2) is 11.6. The van der Waals surface area contributed by atoms with Crippen molar-refractivity contribution in [3.8, 4) is 11.1 Å². The molecular weight excluding hydrogens is 458 g/mol. The van der Waals surface area contributed by atoms with Crippen molar-refractivity contribution < 1.29 is 9.53 Å². The molecule has 1 fully saturated rings. The van der Waals surface area contributed by atoms with Crippen LogP contribution in [-0.2, 0) is 11.3 Å². The number of pyridine rings is 1. The summed E-state index contributed by atoms with van der Waals surface area (Å²) in [4.78, 5) is 22.7. The van der Waals surface area contributed by atoms with Gasteiger partial charge in [0.2, 0.25) is 0 Å². The summed E-state index contributed by atoms with van der Waals surface area (Å²) in [6.07, 6.45) is 10.7. The number of hydrogen-bond donors (Lipinski definition) is 0. The molecule has 5 heteroatoms. The number of allylic oxidation sites excluding steroid dienone is 4. The van der Waals surface area contributed by atoms with Gasteiger partial charge in [0.25, 0.3) is 0 Å². The van der Waals surface area contributed by atoms with E-state index in [0.29, 0.717) is 11.4 Å². The van der Waals surface area contributed by atoms with Gasteiger partial charge < -0.3 is 9.64 Å². The van der Waals surface area contributed by atoms with E-state index in [0.717, 1.165) is 56.7 Å². The summed E-state index contributed by atoms with van der Waals surface area (Å²) in [5, 5.41) is 0. The first-order valence-corrected chi connectivity index (χ1v) is 13.3. The summed E-state index contributed by atoms with van der Waals surface area (Å²) in [5.74, 6) is 0.395. The van der Waals surface area contributed by atoms with E-state index >= 15 is 0 Å². The Kier molecular flexibility index (Phi) is 7.81. The average molecular weight is 494 g/mol. The van der Waals surface area contributed by atoms with Crippen LogP contribution in [0.3, 0.4) is 0 Å². The van der Waals surface area contributed by atoms with Crippen molar-refractivity contribution in [1.82, 2.24) is 9.88 Å². The number of anilines is 1. The summed E-state index contributed by atoms with van der Waals surface area (Å²) in [7, 11) is 0. The molecule has 37 heavy (non-hydrogen) atoms. The van der Waals surface area contributed by atoms with Crippen LogP contribution in [0.4, 0.5) is 5.82 Å². The first-order chi connectivity index (χ1) is 18.1. The number of benzene rings is 2. The van der Waals surface area contributed by atoms with Crippen LogP contribution in [0.5, 0.6) is 0 Å². The lowest BCUT2D eigenvalue weighted by molar-refractivity contribution is 0.0379. The minimum atomic E-state index is -0.317. The van der Waals surface area contributed by atoms with E-state index < -0.39 is 0 Å². The molecule has 5 rings (SSSR count). The Morgan fingerprint density at radius 3 is 2.41 bits per heavy atom. The second-order valence-corrected chi connectivity index (χ2v) is 9.94. The highest BCUT2D eigenvalue weighted by molar-refractivity contribution is 6.02. The molecule has 1 aliphatic carbocycles. The molecule has 2 aromatic carbocycles. The van der Waals surface area contributed by atoms with Crippen LogP contribution in [-0.4, -0.2) is 48.1 Å². The van der Waals surface area contributed by atoms with Gasteiger partial charge in [-0.05, 0) is 55.0 Å². The van der Waals surface area contributed by atoms with Gasteiger partial charge in [-0.25, -0.2) is 9.78 Å². The molecule has 3 aromatic rings. The molecule has 0 atom stereocenters. The van der Waals surface area contributed by atoms with Crippen LogP contribution in [0.15, 0.2) is 85.1 Å². The minimum absolute atomic E-state index is 0.199. The van der Waals surface area contributed by atoms with Crippen molar-refractivity contribution in [3.63, 3.8) is 0 Å². The Hall–Kier alpha value is -3.70. The van der Waals surface area contributed by atoms with Crippen LogP contribution >= 0.6 is 0 Å². The summed E-state index contributed by atoms with van der Waals surface area (Å²) < 4.78 is 5.67. The number of carbonyl (C=O) groups excluding carboxylic acids is 1. The molecule has 0 amide bonds. The predicted molar refractivity (Wildman–Crippen MR) is 151 cm³/mol. The largest absolute Gasteiger partial charge is 0.459 e. The highest BCUT2D eigenvalue weighted by Crippen LogP contribution is 2.32. The Bertz CT molecular complexity index is 1290. The fraction of sp³-hybridized carbons (Fsp3) is 0.312. The third kappa shape index (κ3) is 5.83. The first kappa shape index (κ1) is 25.0. The van der Waals surface area contributed by atoms with Crippen molar-refractivity contribution in [2.45, 2.75) is 39.3 Å².